The van der Waals surface area contributed by atoms with Gasteiger partial charge in [0.1, 0.15) is 16.8 Å². The van der Waals surface area contributed by atoms with Gasteiger partial charge in [0.25, 0.3) is 17.2 Å². The standard InChI is InChI=1S/C17H16ClN3O6/c1-3-13(17(24)27-2)20-8-4-5-12(16(20)23)19-15(22)10-6-7-14(21(25)26)11(18)9-10/h4-9,13H,3H2,1-2H3,(H,19,22). The van der Waals surface area contributed by atoms with E-state index < -0.39 is 28.4 Å². The van der Waals surface area contributed by atoms with Crippen LogP contribution in [0.5, 0.6) is 0 Å². The fraction of sp³-hybridized carbons (Fsp3) is 0.235. The number of hydrogen-bond acceptors (Lipinski definition) is 6. The van der Waals surface area contributed by atoms with Crippen molar-refractivity contribution in [1.82, 2.24) is 4.57 Å². The van der Waals surface area contributed by atoms with Crippen molar-refractivity contribution in [2.45, 2.75) is 19.4 Å². The number of carbonyl (C=O) groups is 2. The molecule has 1 amide bonds. The number of carbonyl (C=O) groups excluding carboxylic acids is 2. The fourth-order valence-electron chi connectivity index (χ4n) is 2.45. The quantitative estimate of drug-likeness (QED) is 0.457. The van der Waals surface area contributed by atoms with Gasteiger partial charge in [0.2, 0.25) is 0 Å². The second-order valence-corrected chi connectivity index (χ2v) is 5.87. The zero-order valence-corrected chi connectivity index (χ0v) is 15.2. The van der Waals surface area contributed by atoms with Crippen molar-refractivity contribution >= 4 is 34.9 Å². The van der Waals surface area contributed by atoms with E-state index >= 15 is 0 Å². The van der Waals surface area contributed by atoms with Gasteiger partial charge in [-0.1, -0.05) is 18.5 Å². The van der Waals surface area contributed by atoms with Crippen LogP contribution in [0.25, 0.3) is 0 Å². The number of esters is 1. The van der Waals surface area contributed by atoms with Crippen LogP contribution >= 0.6 is 11.6 Å². The molecule has 0 radical (unpaired) electrons. The minimum Gasteiger partial charge on any atom is -0.467 e. The molecule has 2 aromatic rings. The topological polar surface area (TPSA) is 121 Å². The van der Waals surface area contributed by atoms with Crippen LogP contribution in [0.4, 0.5) is 11.4 Å². The Kier molecular flexibility index (Phi) is 6.30. The number of ether oxygens (including phenoxy) is 1. The molecule has 2 rings (SSSR count). The predicted molar refractivity (Wildman–Crippen MR) is 98.1 cm³/mol. The monoisotopic (exact) mass is 393 g/mol. The molecule has 0 aliphatic heterocycles. The molecule has 1 atom stereocenters. The van der Waals surface area contributed by atoms with Crippen molar-refractivity contribution in [2.75, 3.05) is 12.4 Å². The van der Waals surface area contributed by atoms with Gasteiger partial charge in [-0.25, -0.2) is 4.79 Å². The summed E-state index contributed by atoms with van der Waals surface area (Å²) in [6.07, 6.45) is 1.74. The predicted octanol–water partition coefficient (Wildman–Crippen LogP) is 2.79. The minimum atomic E-state index is -0.826. The van der Waals surface area contributed by atoms with Crippen LogP contribution in [0, 0.1) is 10.1 Å². The maximum absolute atomic E-state index is 12.6. The van der Waals surface area contributed by atoms with Crippen LogP contribution in [0.2, 0.25) is 5.02 Å². The number of amides is 1. The molecule has 0 saturated heterocycles. The molecule has 1 heterocycles. The van der Waals surface area contributed by atoms with Gasteiger partial charge in [0.15, 0.2) is 0 Å². The number of aromatic nitrogens is 1. The third-order valence-electron chi connectivity index (χ3n) is 3.82. The van der Waals surface area contributed by atoms with Gasteiger partial charge in [0.05, 0.1) is 12.0 Å². The van der Waals surface area contributed by atoms with Crippen molar-refractivity contribution < 1.29 is 19.2 Å². The first-order valence-electron chi connectivity index (χ1n) is 7.84. The normalized spacial score (nSPS) is 11.5. The lowest BCUT2D eigenvalue weighted by Gasteiger charge is -2.16. The van der Waals surface area contributed by atoms with Crippen LogP contribution in [-0.2, 0) is 9.53 Å². The Morgan fingerprint density at radius 2 is 2.07 bits per heavy atom. The van der Waals surface area contributed by atoms with E-state index in [9.17, 15) is 24.5 Å². The van der Waals surface area contributed by atoms with Crippen LogP contribution < -0.4 is 10.9 Å². The first-order chi connectivity index (χ1) is 12.8. The second kappa shape index (κ2) is 8.45. The summed E-state index contributed by atoms with van der Waals surface area (Å²) in [5.41, 5.74) is -0.935. The van der Waals surface area contributed by atoms with Crippen molar-refractivity contribution in [1.29, 1.82) is 0 Å². The SMILES string of the molecule is CCC(C(=O)OC)n1cccc(NC(=O)c2ccc([N+](=O)[O-])c(Cl)c2)c1=O. The number of nitrogens with zero attached hydrogens (tertiary/aromatic N) is 2. The molecule has 0 saturated carbocycles. The number of methoxy groups -OCH3 is 1. The zero-order chi connectivity index (χ0) is 20.1. The summed E-state index contributed by atoms with van der Waals surface area (Å²) in [6.45, 7) is 1.72. The van der Waals surface area contributed by atoms with Gasteiger partial charge in [0, 0.05) is 17.8 Å². The average Bonchev–Trinajstić information content (AvgIpc) is 2.64. The fourth-order valence-corrected chi connectivity index (χ4v) is 2.70. The highest BCUT2D eigenvalue weighted by Crippen LogP contribution is 2.25. The smallest absolute Gasteiger partial charge is 0.328 e. The maximum atomic E-state index is 12.6. The van der Waals surface area contributed by atoms with E-state index in [0.29, 0.717) is 6.42 Å². The first kappa shape index (κ1) is 20.1. The molecule has 0 bridgehead atoms. The number of hydrogen-bond donors (Lipinski definition) is 1. The summed E-state index contributed by atoms with van der Waals surface area (Å²) in [4.78, 5) is 46.9. The highest BCUT2D eigenvalue weighted by molar-refractivity contribution is 6.33. The molecule has 10 heteroatoms. The van der Waals surface area contributed by atoms with Gasteiger partial charge in [-0.15, -0.1) is 0 Å². The molecule has 0 fully saturated rings. The van der Waals surface area contributed by atoms with Crippen LogP contribution in [0.15, 0.2) is 41.3 Å². The molecule has 27 heavy (non-hydrogen) atoms. The highest BCUT2D eigenvalue weighted by Gasteiger charge is 2.22. The molecule has 9 nitrogen and oxygen atoms in total. The minimum absolute atomic E-state index is 0.0420. The number of halogens is 1. The van der Waals surface area contributed by atoms with Crippen LogP contribution in [0.3, 0.4) is 0 Å². The lowest BCUT2D eigenvalue weighted by atomic mass is 10.2. The summed E-state index contributed by atoms with van der Waals surface area (Å²) >= 11 is 5.80. The number of nitro groups is 1. The summed E-state index contributed by atoms with van der Waals surface area (Å²) < 4.78 is 5.86. The first-order valence-corrected chi connectivity index (χ1v) is 8.22. The second-order valence-electron chi connectivity index (χ2n) is 5.46. The van der Waals surface area contributed by atoms with E-state index in [1.807, 2.05) is 0 Å². The number of rotatable bonds is 6. The van der Waals surface area contributed by atoms with Gasteiger partial charge in [-0.3, -0.25) is 24.3 Å². The molecule has 1 aromatic heterocycles. The lowest BCUT2D eigenvalue weighted by molar-refractivity contribution is -0.384. The number of nitro benzene ring substituents is 1. The molecule has 142 valence electrons. The number of pyridine rings is 1. The van der Waals surface area contributed by atoms with E-state index in [2.05, 4.69) is 5.32 Å². The van der Waals surface area contributed by atoms with Gasteiger partial charge in [-0.2, -0.15) is 0 Å². The summed E-state index contributed by atoms with van der Waals surface area (Å²) in [5, 5.41) is 13.0. The van der Waals surface area contributed by atoms with Crippen molar-refractivity contribution in [3.05, 3.63) is 67.6 Å². The Morgan fingerprint density at radius 1 is 1.37 bits per heavy atom. The lowest BCUT2D eigenvalue weighted by Crippen LogP contribution is -2.32. The Hall–Kier alpha value is -3.20. The zero-order valence-electron chi connectivity index (χ0n) is 14.5. The van der Waals surface area contributed by atoms with E-state index in [-0.39, 0.29) is 22.0 Å². The van der Waals surface area contributed by atoms with Gasteiger partial charge < -0.3 is 10.1 Å². The van der Waals surface area contributed by atoms with E-state index in [1.165, 1.54) is 36.1 Å². The van der Waals surface area contributed by atoms with Gasteiger partial charge in [-0.05, 0) is 30.7 Å². The molecule has 1 unspecified atom stereocenters. The molecular weight excluding hydrogens is 378 g/mol. The third kappa shape index (κ3) is 4.32. The molecule has 0 spiro atoms. The molecular formula is C17H16ClN3O6. The molecule has 0 aliphatic rings. The Morgan fingerprint density at radius 3 is 2.63 bits per heavy atom. The van der Waals surface area contributed by atoms with E-state index in [1.54, 1.807) is 6.92 Å². The van der Waals surface area contributed by atoms with Crippen LogP contribution in [0.1, 0.15) is 29.7 Å². The molecule has 1 aromatic carbocycles. The van der Waals surface area contributed by atoms with Crippen molar-refractivity contribution in [2.24, 2.45) is 0 Å². The van der Waals surface area contributed by atoms with Crippen molar-refractivity contribution in [3.8, 4) is 0 Å². The van der Waals surface area contributed by atoms with E-state index in [4.69, 9.17) is 16.3 Å². The number of nitrogens with one attached hydrogen (secondary N) is 1. The summed E-state index contributed by atoms with van der Waals surface area (Å²) in [6, 6.07) is 5.53. The summed E-state index contributed by atoms with van der Waals surface area (Å²) in [5.74, 6) is -1.25. The Bertz CT molecular complexity index is 956. The highest BCUT2D eigenvalue weighted by atomic mass is 35.5. The largest absolute Gasteiger partial charge is 0.467 e. The molecule has 0 aliphatic carbocycles. The Labute approximate surface area is 158 Å². The van der Waals surface area contributed by atoms with Gasteiger partial charge >= 0.3 is 5.97 Å². The third-order valence-corrected chi connectivity index (χ3v) is 4.13. The van der Waals surface area contributed by atoms with Crippen LogP contribution in [-0.4, -0.2) is 28.5 Å². The Balaban J connectivity index is 2.33. The number of benzene rings is 1. The number of anilines is 1. The van der Waals surface area contributed by atoms with Crippen molar-refractivity contribution in [3.63, 3.8) is 0 Å². The molecule has 1 N–H and O–H groups in total. The van der Waals surface area contributed by atoms with E-state index in [0.717, 1.165) is 12.1 Å². The summed E-state index contributed by atoms with van der Waals surface area (Å²) in [7, 11) is 1.22. The average molecular weight is 394 g/mol. The maximum Gasteiger partial charge on any atom is 0.328 e.